The summed E-state index contributed by atoms with van der Waals surface area (Å²) in [5.41, 5.74) is 1.29. The molecule has 22 heavy (non-hydrogen) atoms. The van der Waals surface area contributed by atoms with Crippen molar-refractivity contribution in [3.8, 4) is 5.75 Å². The van der Waals surface area contributed by atoms with E-state index in [0.29, 0.717) is 5.56 Å². The van der Waals surface area contributed by atoms with Crippen molar-refractivity contribution in [3.05, 3.63) is 65.7 Å². The van der Waals surface area contributed by atoms with Gasteiger partial charge < -0.3 is 4.74 Å². The molecule has 0 amide bonds. The number of carbonyl (C=O) groups excluding carboxylic acids is 1. The number of Topliss-reactive ketones (excluding diaryl/α,β-unsaturated/α-hetero) is 1. The first-order chi connectivity index (χ1) is 10.4. The quantitative estimate of drug-likeness (QED) is 0.509. The molecule has 0 aliphatic rings. The van der Waals surface area contributed by atoms with Gasteiger partial charge in [-0.05, 0) is 17.7 Å². The highest BCUT2D eigenvalue weighted by Crippen LogP contribution is 2.39. The van der Waals surface area contributed by atoms with Crippen LogP contribution in [0.15, 0.2) is 54.6 Å². The summed E-state index contributed by atoms with van der Waals surface area (Å²) in [5.74, 6) is 0.381. The molecule has 2 aromatic carbocycles. The number of methoxy groups -OCH3 is 1. The number of carbonyl (C=O) groups is 1. The third-order valence-electron chi connectivity index (χ3n) is 3.28. The third kappa shape index (κ3) is 4.16. The van der Waals surface area contributed by atoms with Gasteiger partial charge in [0.2, 0.25) is 0 Å². The van der Waals surface area contributed by atoms with E-state index in [2.05, 4.69) is 0 Å². The molecule has 0 bridgehead atoms. The summed E-state index contributed by atoms with van der Waals surface area (Å²) in [6.45, 7) is 0. The first-order valence-electron chi connectivity index (χ1n) is 6.70. The molecular weight excluding hydrogens is 343 g/mol. The van der Waals surface area contributed by atoms with Gasteiger partial charge >= 0.3 is 0 Å². The third-order valence-corrected chi connectivity index (χ3v) is 4.34. The van der Waals surface area contributed by atoms with Crippen LogP contribution in [0.5, 0.6) is 5.75 Å². The van der Waals surface area contributed by atoms with E-state index < -0.39 is 9.71 Å². The van der Waals surface area contributed by atoms with Crippen LogP contribution < -0.4 is 4.74 Å². The molecule has 0 aliphatic heterocycles. The average molecular weight is 358 g/mol. The number of hydrogen-bond acceptors (Lipinski definition) is 2. The van der Waals surface area contributed by atoms with Crippen LogP contribution in [-0.2, 0) is 0 Å². The molecule has 0 fully saturated rings. The molecule has 1 unspecified atom stereocenters. The van der Waals surface area contributed by atoms with E-state index >= 15 is 0 Å². The molecule has 1 atom stereocenters. The zero-order valence-corrected chi connectivity index (χ0v) is 14.2. The zero-order valence-electron chi connectivity index (χ0n) is 11.9. The lowest BCUT2D eigenvalue weighted by atomic mass is 10.0. The van der Waals surface area contributed by atoms with Crippen LogP contribution >= 0.6 is 34.8 Å². The Morgan fingerprint density at radius 3 is 2.23 bits per heavy atom. The van der Waals surface area contributed by atoms with Crippen molar-refractivity contribution in [1.29, 1.82) is 0 Å². The molecule has 0 N–H and O–H groups in total. The Hall–Kier alpha value is -1.22. The Balaban J connectivity index is 2.11. The molecule has 2 aromatic rings. The SMILES string of the molecule is COc1ccc(C(Cl)CC(Cl)(Cl)C(=O)c2ccccc2)cc1. The van der Waals surface area contributed by atoms with Crippen molar-refractivity contribution in [2.24, 2.45) is 0 Å². The first-order valence-corrected chi connectivity index (χ1v) is 7.89. The van der Waals surface area contributed by atoms with Gasteiger partial charge in [0.25, 0.3) is 0 Å². The molecule has 5 heteroatoms. The number of alkyl halides is 3. The smallest absolute Gasteiger partial charge is 0.198 e. The fraction of sp³-hybridized carbons (Fsp3) is 0.235. The summed E-state index contributed by atoms with van der Waals surface area (Å²) in [4.78, 5) is 12.4. The monoisotopic (exact) mass is 356 g/mol. The van der Waals surface area contributed by atoms with Crippen molar-refractivity contribution in [3.63, 3.8) is 0 Å². The fourth-order valence-corrected chi connectivity index (χ4v) is 3.11. The Morgan fingerprint density at radius 2 is 1.68 bits per heavy atom. The molecule has 0 saturated carbocycles. The second-order valence-corrected chi connectivity index (χ2v) is 6.86. The van der Waals surface area contributed by atoms with Gasteiger partial charge in [-0.15, -0.1) is 11.6 Å². The molecule has 0 aliphatic carbocycles. The van der Waals surface area contributed by atoms with Crippen LogP contribution in [0, 0.1) is 0 Å². The van der Waals surface area contributed by atoms with Crippen LogP contribution in [0.3, 0.4) is 0 Å². The van der Waals surface area contributed by atoms with Crippen molar-refractivity contribution in [2.75, 3.05) is 7.11 Å². The van der Waals surface area contributed by atoms with E-state index in [0.717, 1.165) is 11.3 Å². The van der Waals surface area contributed by atoms with Crippen molar-refractivity contribution in [2.45, 2.75) is 16.1 Å². The number of rotatable bonds is 6. The zero-order chi connectivity index (χ0) is 16.2. The largest absolute Gasteiger partial charge is 0.497 e. The molecule has 2 rings (SSSR count). The highest BCUT2D eigenvalue weighted by molar-refractivity contribution is 6.60. The van der Waals surface area contributed by atoms with Crippen molar-refractivity contribution < 1.29 is 9.53 Å². The van der Waals surface area contributed by atoms with Gasteiger partial charge in [-0.25, -0.2) is 0 Å². The van der Waals surface area contributed by atoms with E-state index in [-0.39, 0.29) is 12.2 Å². The topological polar surface area (TPSA) is 26.3 Å². The second kappa shape index (κ2) is 7.36. The second-order valence-electron chi connectivity index (χ2n) is 4.84. The number of ketones is 1. The molecule has 0 spiro atoms. The molecular formula is C17H15Cl3O2. The predicted molar refractivity (Wildman–Crippen MR) is 91.4 cm³/mol. The Labute approximate surface area is 144 Å². The molecule has 2 nitrogen and oxygen atoms in total. The highest BCUT2D eigenvalue weighted by Gasteiger charge is 2.36. The van der Waals surface area contributed by atoms with Gasteiger partial charge in [-0.3, -0.25) is 4.79 Å². The Bertz CT molecular complexity index is 624. The number of hydrogen-bond donors (Lipinski definition) is 0. The standard InChI is InChI=1S/C17H15Cl3O2/c1-22-14-9-7-12(8-10-14)15(18)11-17(19,20)16(21)13-5-3-2-4-6-13/h2-10,15H,11H2,1H3. The van der Waals surface area contributed by atoms with Crippen LogP contribution in [0.4, 0.5) is 0 Å². The number of halogens is 3. The van der Waals surface area contributed by atoms with Crippen LogP contribution in [0.1, 0.15) is 27.7 Å². The van der Waals surface area contributed by atoms with E-state index in [1.165, 1.54) is 0 Å². The van der Waals surface area contributed by atoms with Crippen molar-refractivity contribution >= 4 is 40.6 Å². The molecule has 0 radical (unpaired) electrons. The summed E-state index contributed by atoms with van der Waals surface area (Å²) in [5, 5.41) is -0.478. The summed E-state index contributed by atoms with van der Waals surface area (Å²) in [6.07, 6.45) is 0.109. The number of benzene rings is 2. The maximum atomic E-state index is 12.4. The van der Waals surface area contributed by atoms with Gasteiger partial charge in [0.15, 0.2) is 10.1 Å². The van der Waals surface area contributed by atoms with Crippen LogP contribution in [0.2, 0.25) is 0 Å². The lowest BCUT2D eigenvalue weighted by Crippen LogP contribution is -2.27. The number of ether oxygens (including phenoxy) is 1. The summed E-state index contributed by atoms with van der Waals surface area (Å²) >= 11 is 18.8. The van der Waals surface area contributed by atoms with E-state index in [4.69, 9.17) is 39.5 Å². The van der Waals surface area contributed by atoms with Gasteiger partial charge in [0, 0.05) is 12.0 Å². The summed E-state index contributed by atoms with van der Waals surface area (Å²) in [6, 6.07) is 16.0. The lowest BCUT2D eigenvalue weighted by molar-refractivity contribution is 0.0968. The van der Waals surface area contributed by atoms with E-state index in [1.807, 2.05) is 18.2 Å². The van der Waals surface area contributed by atoms with Crippen molar-refractivity contribution in [1.82, 2.24) is 0 Å². The van der Waals surface area contributed by atoms with Crippen LogP contribution in [-0.4, -0.2) is 17.2 Å². The first kappa shape index (κ1) is 17.1. The maximum absolute atomic E-state index is 12.4. The molecule has 0 heterocycles. The molecule has 0 saturated heterocycles. The summed E-state index contributed by atoms with van der Waals surface area (Å²) in [7, 11) is 1.59. The van der Waals surface area contributed by atoms with E-state index in [1.54, 1.807) is 43.5 Å². The predicted octanol–water partition coefficient (Wildman–Crippen LogP) is 5.42. The normalized spacial score (nSPS) is 12.7. The minimum absolute atomic E-state index is 0.109. The van der Waals surface area contributed by atoms with Gasteiger partial charge in [0.1, 0.15) is 5.75 Å². The van der Waals surface area contributed by atoms with Crippen LogP contribution in [0.25, 0.3) is 0 Å². The fourth-order valence-electron chi connectivity index (χ4n) is 2.05. The summed E-state index contributed by atoms with van der Waals surface area (Å²) < 4.78 is 3.52. The highest BCUT2D eigenvalue weighted by atomic mass is 35.5. The maximum Gasteiger partial charge on any atom is 0.198 e. The van der Waals surface area contributed by atoms with E-state index in [9.17, 15) is 4.79 Å². The lowest BCUT2D eigenvalue weighted by Gasteiger charge is -2.21. The molecule has 0 aromatic heterocycles. The minimum atomic E-state index is -1.58. The Kier molecular flexibility index (Phi) is 5.74. The molecule has 116 valence electrons. The van der Waals surface area contributed by atoms with Gasteiger partial charge in [-0.1, -0.05) is 65.7 Å². The average Bonchev–Trinajstić information content (AvgIpc) is 2.54. The van der Waals surface area contributed by atoms with Gasteiger partial charge in [-0.2, -0.15) is 0 Å². The van der Waals surface area contributed by atoms with Gasteiger partial charge in [0.05, 0.1) is 12.5 Å². The minimum Gasteiger partial charge on any atom is -0.497 e. The Morgan fingerprint density at radius 1 is 1.09 bits per heavy atom.